The number of unbranched alkanes of at least 4 members (excludes halogenated alkanes) is 1. The van der Waals surface area contributed by atoms with E-state index in [9.17, 15) is 0 Å². The van der Waals surface area contributed by atoms with Gasteiger partial charge in [0.25, 0.3) is 0 Å². The Morgan fingerprint density at radius 2 is 1.94 bits per heavy atom. The number of hydrogen-bond acceptors (Lipinski definition) is 2. The molecule has 1 aliphatic heterocycles. The molecule has 90 valence electrons. The Labute approximate surface area is 104 Å². The van der Waals surface area contributed by atoms with Gasteiger partial charge in [0.1, 0.15) is 0 Å². The van der Waals surface area contributed by atoms with E-state index in [0.717, 1.165) is 12.1 Å². The Bertz CT molecular complexity index is 445. The molecule has 2 rings (SSSR count). The summed E-state index contributed by atoms with van der Waals surface area (Å²) in [6.07, 6.45) is 2.48. The number of nitriles is 1. The van der Waals surface area contributed by atoms with Gasteiger partial charge in [0.2, 0.25) is 0 Å². The van der Waals surface area contributed by atoms with Crippen LogP contribution in [0.1, 0.15) is 62.4 Å². The Kier molecular flexibility index (Phi) is 3.49. The minimum absolute atomic E-state index is 0.444. The van der Waals surface area contributed by atoms with Crippen LogP contribution in [0.2, 0.25) is 0 Å². The Morgan fingerprint density at radius 3 is 2.59 bits per heavy atom. The highest BCUT2D eigenvalue weighted by atomic mass is 15.2. The first-order valence-electron chi connectivity index (χ1n) is 6.48. The van der Waals surface area contributed by atoms with Crippen LogP contribution in [-0.2, 0) is 0 Å². The topological polar surface area (TPSA) is 27.0 Å². The van der Waals surface area contributed by atoms with Crippen molar-refractivity contribution < 1.29 is 0 Å². The molecule has 1 aromatic carbocycles. The fourth-order valence-corrected chi connectivity index (χ4v) is 2.81. The van der Waals surface area contributed by atoms with Crippen LogP contribution in [-0.4, -0.2) is 11.4 Å². The smallest absolute Gasteiger partial charge is 0.0991 e. The Balaban J connectivity index is 2.29. The van der Waals surface area contributed by atoms with Gasteiger partial charge in [-0.1, -0.05) is 19.4 Å². The van der Waals surface area contributed by atoms with Crippen molar-refractivity contribution in [3.8, 4) is 6.07 Å². The van der Waals surface area contributed by atoms with E-state index in [1.807, 2.05) is 6.07 Å². The molecule has 0 spiro atoms. The molecular formula is C15H20N2. The third-order valence-electron chi connectivity index (χ3n) is 3.88. The van der Waals surface area contributed by atoms with Crippen molar-refractivity contribution in [2.75, 3.05) is 6.54 Å². The second-order valence-corrected chi connectivity index (χ2v) is 4.90. The summed E-state index contributed by atoms with van der Waals surface area (Å²) in [5.41, 5.74) is 3.51. The summed E-state index contributed by atoms with van der Waals surface area (Å²) in [5.74, 6) is 0. The Hall–Kier alpha value is -1.33. The minimum Gasteiger partial charge on any atom is -0.290 e. The zero-order chi connectivity index (χ0) is 12.4. The maximum Gasteiger partial charge on any atom is 0.0991 e. The molecule has 1 aliphatic rings. The number of fused-ring (bicyclic) bond motifs is 1. The van der Waals surface area contributed by atoms with Crippen LogP contribution in [0.15, 0.2) is 18.2 Å². The summed E-state index contributed by atoms with van der Waals surface area (Å²) >= 11 is 0. The first-order valence-corrected chi connectivity index (χ1v) is 6.48. The van der Waals surface area contributed by atoms with Gasteiger partial charge in [0, 0.05) is 12.1 Å². The molecule has 0 aromatic heterocycles. The molecule has 0 fully saturated rings. The van der Waals surface area contributed by atoms with Crippen LogP contribution in [0.5, 0.6) is 0 Å². The highest BCUT2D eigenvalue weighted by Crippen LogP contribution is 2.41. The van der Waals surface area contributed by atoms with Crippen molar-refractivity contribution in [1.29, 1.82) is 5.26 Å². The fourth-order valence-electron chi connectivity index (χ4n) is 2.81. The lowest BCUT2D eigenvalue weighted by molar-refractivity contribution is 0.180. The van der Waals surface area contributed by atoms with Crippen LogP contribution < -0.4 is 0 Å². The van der Waals surface area contributed by atoms with Gasteiger partial charge < -0.3 is 0 Å². The first kappa shape index (κ1) is 12.1. The van der Waals surface area contributed by atoms with Crippen LogP contribution in [0.25, 0.3) is 0 Å². The lowest BCUT2D eigenvalue weighted by Crippen LogP contribution is -2.24. The van der Waals surface area contributed by atoms with E-state index in [0.29, 0.717) is 12.1 Å². The number of nitrogens with zero attached hydrogens (tertiary/aromatic N) is 2. The number of rotatable bonds is 3. The monoisotopic (exact) mass is 228 g/mol. The summed E-state index contributed by atoms with van der Waals surface area (Å²) in [6.45, 7) is 7.89. The quantitative estimate of drug-likeness (QED) is 0.787. The van der Waals surface area contributed by atoms with E-state index >= 15 is 0 Å². The predicted octanol–water partition coefficient (Wildman–Crippen LogP) is 3.80. The highest BCUT2D eigenvalue weighted by molar-refractivity contribution is 5.43. The van der Waals surface area contributed by atoms with Gasteiger partial charge in [-0.2, -0.15) is 5.26 Å². The van der Waals surface area contributed by atoms with Crippen LogP contribution >= 0.6 is 0 Å². The lowest BCUT2D eigenvalue weighted by Gasteiger charge is -2.26. The second kappa shape index (κ2) is 4.89. The molecule has 0 saturated heterocycles. The van der Waals surface area contributed by atoms with E-state index in [1.165, 1.54) is 24.0 Å². The standard InChI is InChI=1S/C15H20N2/c1-4-5-8-17-11(2)14-7-6-13(10-16)9-15(14)12(17)3/h6-7,9,11-12H,4-5,8H2,1-3H3. The largest absolute Gasteiger partial charge is 0.290 e. The summed E-state index contributed by atoms with van der Waals surface area (Å²) in [6, 6.07) is 9.28. The average Bonchev–Trinajstić information content (AvgIpc) is 2.59. The maximum atomic E-state index is 8.96. The van der Waals surface area contributed by atoms with E-state index < -0.39 is 0 Å². The molecule has 0 saturated carbocycles. The van der Waals surface area contributed by atoms with Crippen LogP contribution in [0, 0.1) is 11.3 Å². The van der Waals surface area contributed by atoms with Crippen LogP contribution in [0.4, 0.5) is 0 Å². The van der Waals surface area contributed by atoms with Gasteiger partial charge in [0.15, 0.2) is 0 Å². The first-order chi connectivity index (χ1) is 8.19. The molecule has 0 amide bonds. The molecule has 0 aliphatic carbocycles. The van der Waals surface area contributed by atoms with Crippen molar-refractivity contribution in [1.82, 2.24) is 4.90 Å². The van der Waals surface area contributed by atoms with Gasteiger partial charge in [-0.25, -0.2) is 0 Å². The van der Waals surface area contributed by atoms with E-state index in [1.54, 1.807) is 0 Å². The number of benzene rings is 1. The molecule has 0 N–H and O–H groups in total. The summed E-state index contributed by atoms with van der Waals surface area (Å²) in [5, 5.41) is 8.96. The van der Waals surface area contributed by atoms with Gasteiger partial charge in [-0.05, 0) is 50.1 Å². The molecule has 0 bridgehead atoms. The zero-order valence-corrected chi connectivity index (χ0v) is 10.9. The second-order valence-electron chi connectivity index (χ2n) is 4.90. The normalized spacial score (nSPS) is 23.4. The lowest BCUT2D eigenvalue weighted by atomic mass is 10.0. The number of hydrogen-bond donors (Lipinski definition) is 0. The molecule has 2 heteroatoms. The van der Waals surface area contributed by atoms with Gasteiger partial charge in [0.05, 0.1) is 11.6 Å². The minimum atomic E-state index is 0.444. The van der Waals surface area contributed by atoms with Crippen molar-refractivity contribution in [3.63, 3.8) is 0 Å². The van der Waals surface area contributed by atoms with Gasteiger partial charge >= 0.3 is 0 Å². The molecule has 1 aromatic rings. The van der Waals surface area contributed by atoms with E-state index in [4.69, 9.17) is 5.26 Å². The average molecular weight is 228 g/mol. The summed E-state index contributed by atoms with van der Waals surface area (Å²) < 4.78 is 0. The molecule has 2 nitrogen and oxygen atoms in total. The summed E-state index contributed by atoms with van der Waals surface area (Å²) in [4.78, 5) is 2.54. The molecule has 1 heterocycles. The molecule has 2 unspecified atom stereocenters. The molecule has 2 atom stereocenters. The van der Waals surface area contributed by atoms with Crippen molar-refractivity contribution in [2.24, 2.45) is 0 Å². The fraction of sp³-hybridized carbons (Fsp3) is 0.533. The van der Waals surface area contributed by atoms with Crippen molar-refractivity contribution in [3.05, 3.63) is 34.9 Å². The van der Waals surface area contributed by atoms with Gasteiger partial charge in [-0.3, -0.25) is 4.90 Å². The zero-order valence-electron chi connectivity index (χ0n) is 10.9. The SMILES string of the molecule is CCCCN1C(C)c2ccc(C#N)cc2C1C. The molecule has 0 radical (unpaired) electrons. The molecular weight excluding hydrogens is 208 g/mol. The van der Waals surface area contributed by atoms with Crippen molar-refractivity contribution >= 4 is 0 Å². The third kappa shape index (κ3) is 2.08. The summed E-state index contributed by atoms with van der Waals surface area (Å²) in [7, 11) is 0. The third-order valence-corrected chi connectivity index (χ3v) is 3.88. The maximum absolute atomic E-state index is 8.96. The Morgan fingerprint density at radius 1 is 1.24 bits per heavy atom. The van der Waals surface area contributed by atoms with E-state index in [2.05, 4.69) is 43.9 Å². The predicted molar refractivity (Wildman–Crippen MR) is 69.6 cm³/mol. The molecule has 17 heavy (non-hydrogen) atoms. The highest BCUT2D eigenvalue weighted by Gasteiger charge is 2.32. The van der Waals surface area contributed by atoms with Crippen LogP contribution in [0.3, 0.4) is 0 Å². The van der Waals surface area contributed by atoms with Crippen molar-refractivity contribution in [2.45, 2.75) is 45.7 Å². The van der Waals surface area contributed by atoms with Gasteiger partial charge in [-0.15, -0.1) is 0 Å². The van der Waals surface area contributed by atoms with E-state index in [-0.39, 0.29) is 0 Å².